The van der Waals surface area contributed by atoms with E-state index in [9.17, 15) is 5.26 Å². The average molecular weight is 625 g/mol. The van der Waals surface area contributed by atoms with Crippen molar-refractivity contribution in [2.75, 3.05) is 38.2 Å². The molecule has 4 aromatic rings. The molecule has 0 unspecified atom stereocenters. The van der Waals surface area contributed by atoms with Gasteiger partial charge in [-0.05, 0) is 60.7 Å². The molecule has 0 amide bonds. The van der Waals surface area contributed by atoms with E-state index in [0.717, 1.165) is 63.1 Å². The van der Waals surface area contributed by atoms with Gasteiger partial charge in [-0.3, -0.25) is 9.58 Å². The van der Waals surface area contributed by atoms with E-state index in [1.807, 2.05) is 23.9 Å². The lowest BCUT2D eigenvalue weighted by Crippen LogP contribution is -2.45. The Morgan fingerprint density at radius 3 is 2.57 bits per heavy atom. The van der Waals surface area contributed by atoms with E-state index >= 15 is 0 Å². The van der Waals surface area contributed by atoms with E-state index in [4.69, 9.17) is 24.6 Å². The number of rotatable bonds is 12. The SMILES string of the molecule is C[C@@H](Cn1cnnn1)Oc1cc(-c2cnc(Nc3cn(C4CCC(N5CCOCC5)CC4)nc3OCCC#N)nc2)ccc1C#N. The van der Waals surface area contributed by atoms with Crippen LogP contribution in [0.1, 0.15) is 50.6 Å². The maximum absolute atomic E-state index is 9.63. The first-order chi connectivity index (χ1) is 22.6. The van der Waals surface area contributed by atoms with Gasteiger partial charge in [0.1, 0.15) is 36.5 Å². The Balaban J connectivity index is 1.13. The highest BCUT2D eigenvalue weighted by Crippen LogP contribution is 2.35. The summed E-state index contributed by atoms with van der Waals surface area (Å²) in [7, 11) is 0. The van der Waals surface area contributed by atoms with Crippen LogP contribution in [0.5, 0.6) is 11.6 Å². The zero-order valence-corrected chi connectivity index (χ0v) is 25.7. The standard InChI is InChI=1S/C31H36N12O3/c1-22(19-42-21-36-39-40-42)46-29-15-23(3-4-24(29)16-33)25-17-34-31(35-18-25)37-28-20-43(38-30(28)45-12-2-9-32)27-7-5-26(6-8-27)41-10-13-44-14-11-41/h3-4,15,17-18,20-22,26-27H,2,5-8,10-14,19H2,1H3,(H,34,35,37)/t22-,26?,27?/m0/s1. The molecule has 4 heterocycles. The first-order valence-corrected chi connectivity index (χ1v) is 15.5. The van der Waals surface area contributed by atoms with Crippen LogP contribution in [0, 0.1) is 22.7 Å². The molecule has 0 spiro atoms. The van der Waals surface area contributed by atoms with Crippen LogP contribution in [0.2, 0.25) is 0 Å². The zero-order chi connectivity index (χ0) is 31.7. The molecule has 1 aromatic carbocycles. The third-order valence-electron chi connectivity index (χ3n) is 8.25. The van der Waals surface area contributed by atoms with Gasteiger partial charge < -0.3 is 19.5 Å². The average Bonchev–Trinajstić information content (AvgIpc) is 3.75. The highest BCUT2D eigenvalue weighted by molar-refractivity contribution is 5.67. The van der Waals surface area contributed by atoms with Gasteiger partial charge >= 0.3 is 0 Å². The molecule has 2 aliphatic rings. The van der Waals surface area contributed by atoms with Crippen molar-refractivity contribution in [2.24, 2.45) is 0 Å². The second kappa shape index (κ2) is 14.8. The van der Waals surface area contributed by atoms with E-state index in [0.29, 0.717) is 41.4 Å². The Kier molecular flexibility index (Phi) is 9.92. The fourth-order valence-electron chi connectivity index (χ4n) is 5.91. The van der Waals surface area contributed by atoms with Crippen molar-refractivity contribution in [2.45, 2.75) is 63.8 Å². The Bertz CT molecular complexity index is 1650. The second-order valence-electron chi connectivity index (χ2n) is 11.4. The van der Waals surface area contributed by atoms with Crippen molar-refractivity contribution in [1.29, 1.82) is 10.5 Å². The number of benzene rings is 1. The van der Waals surface area contributed by atoms with Crippen molar-refractivity contribution < 1.29 is 14.2 Å². The van der Waals surface area contributed by atoms with E-state index in [2.05, 4.69) is 47.8 Å². The lowest BCUT2D eigenvalue weighted by Gasteiger charge is -2.38. The quantitative estimate of drug-likeness (QED) is 0.227. The number of aromatic nitrogens is 8. The maximum atomic E-state index is 9.63. The first-order valence-electron chi connectivity index (χ1n) is 15.5. The highest BCUT2D eigenvalue weighted by Gasteiger charge is 2.29. The topological polar surface area (TPSA) is 178 Å². The van der Waals surface area contributed by atoms with Gasteiger partial charge in [-0.1, -0.05) is 6.07 Å². The van der Waals surface area contributed by atoms with Gasteiger partial charge in [0.05, 0.1) is 50.1 Å². The van der Waals surface area contributed by atoms with Gasteiger partial charge in [0.25, 0.3) is 5.88 Å². The summed E-state index contributed by atoms with van der Waals surface area (Å²) in [6.07, 6.45) is 11.1. The number of hydrogen-bond acceptors (Lipinski definition) is 13. The summed E-state index contributed by atoms with van der Waals surface area (Å²) < 4.78 is 21.0. The lowest BCUT2D eigenvalue weighted by atomic mass is 9.90. The predicted molar refractivity (Wildman–Crippen MR) is 165 cm³/mol. The third kappa shape index (κ3) is 7.56. The minimum atomic E-state index is -0.279. The van der Waals surface area contributed by atoms with Gasteiger partial charge in [-0.25, -0.2) is 14.6 Å². The lowest BCUT2D eigenvalue weighted by molar-refractivity contribution is 0.00503. The number of hydrogen-bond donors (Lipinski definition) is 1. The van der Waals surface area contributed by atoms with Gasteiger partial charge in [0.15, 0.2) is 0 Å². The molecular weight excluding hydrogens is 588 g/mol. The molecule has 15 nitrogen and oxygen atoms in total. The van der Waals surface area contributed by atoms with Crippen LogP contribution in [0.3, 0.4) is 0 Å². The number of tetrazole rings is 1. The van der Waals surface area contributed by atoms with Crippen LogP contribution in [-0.4, -0.2) is 89.9 Å². The van der Waals surface area contributed by atoms with E-state index in [1.165, 1.54) is 6.33 Å². The molecular formula is C31H36N12O3. The number of morpholine rings is 1. The monoisotopic (exact) mass is 624 g/mol. The smallest absolute Gasteiger partial charge is 0.256 e. The predicted octanol–water partition coefficient (Wildman–Crippen LogP) is 3.52. The van der Waals surface area contributed by atoms with Crippen molar-refractivity contribution in [1.82, 2.24) is 44.9 Å². The molecule has 1 aliphatic carbocycles. The van der Waals surface area contributed by atoms with Crippen LogP contribution in [0.4, 0.5) is 11.6 Å². The Hall–Kier alpha value is -5.12. The van der Waals surface area contributed by atoms with Gasteiger partial charge in [-0.15, -0.1) is 10.2 Å². The molecule has 1 N–H and O–H groups in total. The van der Waals surface area contributed by atoms with Crippen LogP contribution in [-0.2, 0) is 11.3 Å². The van der Waals surface area contributed by atoms with E-state index in [1.54, 1.807) is 29.2 Å². The Morgan fingerprint density at radius 1 is 1.07 bits per heavy atom. The van der Waals surface area contributed by atoms with E-state index < -0.39 is 0 Å². The molecule has 2 fully saturated rings. The van der Waals surface area contributed by atoms with Crippen molar-refractivity contribution in [3.63, 3.8) is 0 Å². The number of anilines is 2. The second-order valence-corrected chi connectivity index (χ2v) is 11.4. The molecule has 15 heteroatoms. The minimum Gasteiger partial charge on any atom is -0.487 e. The fourth-order valence-corrected chi connectivity index (χ4v) is 5.91. The number of nitriles is 2. The van der Waals surface area contributed by atoms with Crippen molar-refractivity contribution in [3.8, 4) is 34.9 Å². The summed E-state index contributed by atoms with van der Waals surface area (Å²) in [5, 5.41) is 37.8. The number of nitrogens with one attached hydrogen (secondary N) is 1. The molecule has 3 aromatic heterocycles. The molecule has 238 valence electrons. The summed E-state index contributed by atoms with van der Waals surface area (Å²) in [5.74, 6) is 1.25. The molecule has 1 atom stereocenters. The maximum Gasteiger partial charge on any atom is 0.256 e. The first kappa shape index (κ1) is 30.9. The van der Waals surface area contributed by atoms with Crippen LogP contribution in [0.15, 0.2) is 43.1 Å². The largest absolute Gasteiger partial charge is 0.487 e. The third-order valence-corrected chi connectivity index (χ3v) is 8.25. The highest BCUT2D eigenvalue weighted by atomic mass is 16.5. The normalized spacial score (nSPS) is 19.1. The summed E-state index contributed by atoms with van der Waals surface area (Å²) in [4.78, 5) is 11.6. The molecule has 46 heavy (non-hydrogen) atoms. The summed E-state index contributed by atoms with van der Waals surface area (Å²) in [6, 6.07) is 10.5. The Labute approximate surface area is 266 Å². The molecule has 6 rings (SSSR count). The van der Waals surface area contributed by atoms with Gasteiger partial charge in [0, 0.05) is 37.1 Å². The summed E-state index contributed by atoms with van der Waals surface area (Å²) in [5.41, 5.74) is 2.62. The number of nitrogens with zero attached hydrogens (tertiary/aromatic N) is 11. The van der Waals surface area contributed by atoms with E-state index in [-0.39, 0.29) is 25.2 Å². The minimum absolute atomic E-state index is 0.239. The van der Waals surface area contributed by atoms with Gasteiger partial charge in [0.2, 0.25) is 5.95 Å². The molecule has 1 saturated carbocycles. The number of ether oxygens (including phenoxy) is 3. The van der Waals surface area contributed by atoms with Gasteiger partial charge in [-0.2, -0.15) is 10.5 Å². The zero-order valence-electron chi connectivity index (χ0n) is 25.7. The fraction of sp³-hybridized carbons (Fsp3) is 0.484. The summed E-state index contributed by atoms with van der Waals surface area (Å²) in [6.45, 7) is 6.19. The molecule has 1 aliphatic heterocycles. The Morgan fingerprint density at radius 2 is 1.85 bits per heavy atom. The van der Waals surface area contributed by atoms with Crippen LogP contribution < -0.4 is 14.8 Å². The van der Waals surface area contributed by atoms with Crippen LogP contribution in [0.25, 0.3) is 11.1 Å². The summed E-state index contributed by atoms with van der Waals surface area (Å²) >= 11 is 0. The molecule has 0 radical (unpaired) electrons. The van der Waals surface area contributed by atoms with Crippen molar-refractivity contribution >= 4 is 11.6 Å². The van der Waals surface area contributed by atoms with Crippen molar-refractivity contribution in [3.05, 3.63) is 48.7 Å². The molecule has 0 bridgehead atoms. The van der Waals surface area contributed by atoms with Crippen LogP contribution >= 0.6 is 0 Å². The molecule has 1 saturated heterocycles.